The van der Waals surface area contributed by atoms with Crippen LogP contribution in [0.1, 0.15) is 56.1 Å². The van der Waals surface area contributed by atoms with Gasteiger partial charge in [0.05, 0.1) is 12.7 Å². The summed E-state index contributed by atoms with van der Waals surface area (Å²) in [5.74, 6) is -0.666. The third kappa shape index (κ3) is 4.39. The number of carbonyl (C=O) groups is 2. The zero-order chi connectivity index (χ0) is 19.4. The Kier molecular flexibility index (Phi) is 5.96. The van der Waals surface area contributed by atoms with E-state index in [-0.39, 0.29) is 5.91 Å². The van der Waals surface area contributed by atoms with E-state index < -0.39 is 5.97 Å². The van der Waals surface area contributed by atoms with E-state index in [1.54, 1.807) is 13.8 Å². The molecule has 0 radical (unpaired) electrons. The monoisotopic (exact) mass is 369 g/mol. The topological polar surface area (TPSA) is 74.4 Å². The van der Waals surface area contributed by atoms with Gasteiger partial charge in [0.15, 0.2) is 0 Å². The normalized spacial score (nSPS) is 14.3. The molecule has 2 N–H and O–H groups in total. The quantitative estimate of drug-likeness (QED) is 0.768. The molecule has 0 spiro atoms. The van der Waals surface area contributed by atoms with Gasteiger partial charge < -0.3 is 15.0 Å². The Bertz CT molecular complexity index is 818. The van der Waals surface area contributed by atoms with Crippen molar-refractivity contribution in [1.82, 2.24) is 15.2 Å². The van der Waals surface area contributed by atoms with Crippen molar-refractivity contribution in [3.05, 3.63) is 57.9 Å². The van der Waals surface area contributed by atoms with E-state index >= 15 is 0 Å². The number of aromatic amines is 1. The molecule has 0 bridgehead atoms. The predicted molar refractivity (Wildman–Crippen MR) is 104 cm³/mol. The fourth-order valence-electron chi connectivity index (χ4n) is 3.62. The molecule has 3 rings (SSSR count). The average Bonchev–Trinajstić information content (AvgIpc) is 3.28. The van der Waals surface area contributed by atoms with Crippen LogP contribution in [0.5, 0.6) is 0 Å². The van der Waals surface area contributed by atoms with Crippen LogP contribution >= 0.6 is 0 Å². The molecule has 1 saturated heterocycles. The molecule has 0 unspecified atom stereocenters. The highest BCUT2D eigenvalue weighted by molar-refractivity contribution is 6.00. The molecule has 0 saturated carbocycles. The van der Waals surface area contributed by atoms with Gasteiger partial charge in [0, 0.05) is 18.8 Å². The fourth-order valence-corrected chi connectivity index (χ4v) is 3.62. The van der Waals surface area contributed by atoms with E-state index in [2.05, 4.69) is 39.5 Å². The van der Waals surface area contributed by atoms with E-state index in [4.69, 9.17) is 4.74 Å². The number of rotatable bonds is 6. The molecule has 2 heterocycles. The largest absolute Gasteiger partial charge is 0.465 e. The van der Waals surface area contributed by atoms with Crippen molar-refractivity contribution < 1.29 is 14.3 Å². The molecule has 1 amide bonds. The average molecular weight is 369 g/mol. The number of ether oxygens (including phenoxy) is 1. The third-order valence-electron chi connectivity index (χ3n) is 5.13. The van der Waals surface area contributed by atoms with Crippen LogP contribution in [0, 0.1) is 13.8 Å². The van der Waals surface area contributed by atoms with Crippen LogP contribution < -0.4 is 5.32 Å². The minimum Gasteiger partial charge on any atom is -0.465 e. The Labute approximate surface area is 159 Å². The van der Waals surface area contributed by atoms with E-state index in [0.717, 1.165) is 12.1 Å². The van der Waals surface area contributed by atoms with Gasteiger partial charge in [0.25, 0.3) is 5.91 Å². The van der Waals surface area contributed by atoms with Crippen LogP contribution in [0.2, 0.25) is 0 Å². The number of hydrogen-bond donors (Lipinski definition) is 2. The Morgan fingerprint density at radius 2 is 1.74 bits per heavy atom. The van der Waals surface area contributed by atoms with Gasteiger partial charge in [-0.25, -0.2) is 4.79 Å². The second-order valence-electron chi connectivity index (χ2n) is 7.10. The Morgan fingerprint density at radius 3 is 2.37 bits per heavy atom. The van der Waals surface area contributed by atoms with Crippen LogP contribution in [0.3, 0.4) is 0 Å². The number of H-pyrrole nitrogens is 1. The summed E-state index contributed by atoms with van der Waals surface area (Å²) in [6.45, 7) is 7.30. The Hall–Kier alpha value is -2.60. The highest BCUT2D eigenvalue weighted by atomic mass is 16.5. The first-order valence-corrected chi connectivity index (χ1v) is 9.35. The van der Waals surface area contributed by atoms with Crippen molar-refractivity contribution in [2.24, 2.45) is 0 Å². The molecular formula is C21H27N3O3. The van der Waals surface area contributed by atoms with Gasteiger partial charge in [-0.15, -0.1) is 0 Å². The molecule has 6 heteroatoms. The summed E-state index contributed by atoms with van der Waals surface area (Å²) in [7, 11) is 1.33. The third-order valence-corrected chi connectivity index (χ3v) is 5.13. The first-order valence-electron chi connectivity index (χ1n) is 9.35. The SMILES string of the molecule is COC(=O)c1c(C)[nH]c(C(=O)NCc2ccc(CN3CCCC3)cc2)c1C. The van der Waals surface area contributed by atoms with Gasteiger partial charge in [0.2, 0.25) is 0 Å². The van der Waals surface area contributed by atoms with Gasteiger partial charge in [-0.1, -0.05) is 24.3 Å². The lowest BCUT2D eigenvalue weighted by Gasteiger charge is -2.14. The number of carbonyl (C=O) groups excluding carboxylic acids is 2. The summed E-state index contributed by atoms with van der Waals surface area (Å²) in [6.07, 6.45) is 2.58. The van der Waals surface area contributed by atoms with Crippen LogP contribution in [-0.2, 0) is 17.8 Å². The molecule has 1 aliphatic heterocycles. The number of likely N-dealkylation sites (tertiary alicyclic amines) is 1. The molecule has 1 aromatic heterocycles. The lowest BCUT2D eigenvalue weighted by atomic mass is 10.1. The first-order chi connectivity index (χ1) is 13.0. The van der Waals surface area contributed by atoms with Gasteiger partial charge >= 0.3 is 5.97 Å². The molecule has 2 aromatic rings. The fraction of sp³-hybridized carbons (Fsp3) is 0.429. The highest BCUT2D eigenvalue weighted by Gasteiger charge is 2.22. The van der Waals surface area contributed by atoms with Crippen LogP contribution in [0.4, 0.5) is 0 Å². The smallest absolute Gasteiger partial charge is 0.339 e. The summed E-state index contributed by atoms with van der Waals surface area (Å²) in [5, 5.41) is 2.91. The van der Waals surface area contributed by atoms with Gasteiger partial charge in [-0.05, 0) is 56.5 Å². The van der Waals surface area contributed by atoms with E-state index in [1.807, 2.05) is 0 Å². The maximum Gasteiger partial charge on any atom is 0.339 e. The number of nitrogens with zero attached hydrogens (tertiary/aromatic N) is 1. The highest BCUT2D eigenvalue weighted by Crippen LogP contribution is 2.19. The Morgan fingerprint density at radius 1 is 1.11 bits per heavy atom. The molecule has 144 valence electrons. The predicted octanol–water partition coefficient (Wildman–Crippen LogP) is 2.94. The molecule has 27 heavy (non-hydrogen) atoms. The zero-order valence-corrected chi connectivity index (χ0v) is 16.2. The zero-order valence-electron chi connectivity index (χ0n) is 16.2. The minimum atomic E-state index is -0.436. The number of nitrogens with one attached hydrogen (secondary N) is 2. The summed E-state index contributed by atoms with van der Waals surface area (Å²) in [6, 6.07) is 8.36. The lowest BCUT2D eigenvalue weighted by molar-refractivity contribution is 0.0599. The molecular weight excluding hydrogens is 342 g/mol. The maximum atomic E-state index is 12.5. The van der Waals surface area contributed by atoms with Gasteiger partial charge in [0.1, 0.15) is 5.69 Å². The number of methoxy groups -OCH3 is 1. The molecule has 0 atom stereocenters. The lowest BCUT2D eigenvalue weighted by Crippen LogP contribution is -2.24. The number of amides is 1. The number of aryl methyl sites for hydroxylation is 1. The van der Waals surface area contributed by atoms with Crippen molar-refractivity contribution in [3.8, 4) is 0 Å². The van der Waals surface area contributed by atoms with Crippen LogP contribution in [-0.4, -0.2) is 42.0 Å². The second-order valence-corrected chi connectivity index (χ2v) is 7.10. The van der Waals surface area contributed by atoms with E-state index in [1.165, 1.54) is 38.6 Å². The number of hydrogen-bond acceptors (Lipinski definition) is 4. The second kappa shape index (κ2) is 8.39. The van der Waals surface area contributed by atoms with Crippen molar-refractivity contribution >= 4 is 11.9 Å². The van der Waals surface area contributed by atoms with Crippen molar-refractivity contribution in [2.75, 3.05) is 20.2 Å². The minimum absolute atomic E-state index is 0.230. The number of benzene rings is 1. The standard InChI is InChI=1S/C21H27N3O3/c1-14-18(21(26)27-3)15(2)23-19(14)20(25)22-12-16-6-8-17(9-7-16)13-24-10-4-5-11-24/h6-9,23H,4-5,10-13H2,1-3H3,(H,22,25). The molecule has 6 nitrogen and oxygen atoms in total. The molecule has 1 aromatic carbocycles. The molecule has 1 fully saturated rings. The van der Waals surface area contributed by atoms with Crippen molar-refractivity contribution in [3.63, 3.8) is 0 Å². The summed E-state index contributed by atoms with van der Waals surface area (Å²) in [5.41, 5.74) is 4.41. The van der Waals surface area contributed by atoms with E-state index in [9.17, 15) is 9.59 Å². The molecule has 0 aliphatic carbocycles. The number of aromatic nitrogens is 1. The number of esters is 1. The molecule has 1 aliphatic rings. The first kappa shape index (κ1) is 19.2. The van der Waals surface area contributed by atoms with E-state index in [0.29, 0.717) is 29.1 Å². The van der Waals surface area contributed by atoms with Gasteiger partial charge in [-0.3, -0.25) is 9.69 Å². The van der Waals surface area contributed by atoms with Crippen LogP contribution in [0.25, 0.3) is 0 Å². The summed E-state index contributed by atoms with van der Waals surface area (Å²) < 4.78 is 4.78. The van der Waals surface area contributed by atoms with Crippen LogP contribution in [0.15, 0.2) is 24.3 Å². The summed E-state index contributed by atoms with van der Waals surface area (Å²) >= 11 is 0. The van der Waals surface area contributed by atoms with Gasteiger partial charge in [-0.2, -0.15) is 0 Å². The van der Waals surface area contributed by atoms with Crippen molar-refractivity contribution in [2.45, 2.75) is 39.8 Å². The summed E-state index contributed by atoms with van der Waals surface area (Å²) in [4.78, 5) is 29.8. The van der Waals surface area contributed by atoms with Crippen molar-refractivity contribution in [1.29, 1.82) is 0 Å². The maximum absolute atomic E-state index is 12.5. The Balaban J connectivity index is 1.60.